The minimum Gasteiger partial charge on any atom is -0.489 e. The van der Waals surface area contributed by atoms with E-state index in [0.717, 1.165) is 28.2 Å². The van der Waals surface area contributed by atoms with Crippen molar-refractivity contribution in [1.82, 2.24) is 0 Å². The van der Waals surface area contributed by atoms with Gasteiger partial charge < -0.3 is 14.2 Å². The van der Waals surface area contributed by atoms with Crippen LogP contribution in [0.25, 0.3) is 21.5 Å². The van der Waals surface area contributed by atoms with Crippen molar-refractivity contribution in [2.45, 2.75) is 26.4 Å². The van der Waals surface area contributed by atoms with Gasteiger partial charge in [-0.2, -0.15) is 0 Å². The maximum atomic E-state index is 6.35. The third-order valence-corrected chi connectivity index (χ3v) is 6.83. The van der Waals surface area contributed by atoms with Crippen molar-refractivity contribution < 1.29 is 14.2 Å². The maximum Gasteiger partial charge on any atom is 0.123 e. The highest BCUT2D eigenvalue weighted by atomic mass is 16.5. The summed E-state index contributed by atoms with van der Waals surface area (Å²) in [6.07, 6.45) is 0. The Morgan fingerprint density at radius 3 is 1.41 bits per heavy atom. The topological polar surface area (TPSA) is 27.7 Å². The Kier molecular flexibility index (Phi) is 7.51. The first kappa shape index (κ1) is 24.7. The summed E-state index contributed by atoms with van der Waals surface area (Å²) in [7, 11) is 0. The van der Waals surface area contributed by atoms with Crippen molar-refractivity contribution in [2.24, 2.45) is 0 Å². The van der Waals surface area contributed by atoms with Gasteiger partial charge in [0.25, 0.3) is 0 Å². The minimum absolute atomic E-state index is 0.446. The third-order valence-electron chi connectivity index (χ3n) is 6.83. The summed E-state index contributed by atoms with van der Waals surface area (Å²) in [6, 6.07) is 45.7. The molecule has 192 valence electrons. The van der Waals surface area contributed by atoms with Crippen molar-refractivity contribution in [1.29, 1.82) is 0 Å². The molecule has 0 aliphatic rings. The highest BCUT2D eigenvalue weighted by molar-refractivity contribution is 6.02. The Balaban J connectivity index is 1.22. The third kappa shape index (κ3) is 6.11. The molecule has 0 unspecified atom stereocenters. The van der Waals surface area contributed by atoms with E-state index in [9.17, 15) is 0 Å². The molecule has 3 nitrogen and oxygen atoms in total. The van der Waals surface area contributed by atoms with Gasteiger partial charge in [0.05, 0.1) is 13.2 Å². The molecule has 0 N–H and O–H groups in total. The van der Waals surface area contributed by atoms with Crippen molar-refractivity contribution in [3.63, 3.8) is 0 Å². The van der Waals surface area contributed by atoms with Crippen molar-refractivity contribution >= 4 is 21.5 Å². The van der Waals surface area contributed by atoms with Gasteiger partial charge in [0, 0.05) is 6.07 Å². The van der Waals surface area contributed by atoms with E-state index in [2.05, 4.69) is 78.9 Å². The number of fused-ring (bicyclic) bond motifs is 2. The van der Waals surface area contributed by atoms with Gasteiger partial charge in [-0.3, -0.25) is 0 Å². The van der Waals surface area contributed by atoms with Crippen LogP contribution in [0.4, 0.5) is 0 Å². The highest BCUT2D eigenvalue weighted by Gasteiger charge is 2.10. The SMILES string of the molecule is c1ccc(COc2cc(COCc3c4ccccc4cc4ccccc34)cc(OCc3ccccc3)c2)cc1. The summed E-state index contributed by atoms with van der Waals surface area (Å²) in [5.41, 5.74) is 4.45. The van der Waals surface area contributed by atoms with E-state index in [0.29, 0.717) is 26.4 Å². The van der Waals surface area contributed by atoms with Gasteiger partial charge in [-0.05, 0) is 62.0 Å². The molecule has 0 radical (unpaired) electrons. The molecule has 6 aromatic rings. The van der Waals surface area contributed by atoms with Crippen LogP contribution in [0.15, 0.2) is 133 Å². The zero-order valence-corrected chi connectivity index (χ0v) is 21.8. The molecular formula is C36H30O3. The normalized spacial score (nSPS) is 11.1. The van der Waals surface area contributed by atoms with Gasteiger partial charge >= 0.3 is 0 Å². The predicted molar refractivity (Wildman–Crippen MR) is 158 cm³/mol. The zero-order chi connectivity index (χ0) is 26.3. The average molecular weight is 511 g/mol. The number of hydrogen-bond acceptors (Lipinski definition) is 3. The average Bonchev–Trinajstić information content (AvgIpc) is 3.00. The molecule has 0 saturated carbocycles. The fourth-order valence-corrected chi connectivity index (χ4v) is 4.90. The van der Waals surface area contributed by atoms with Crippen LogP contribution in [0.3, 0.4) is 0 Å². The number of ether oxygens (including phenoxy) is 3. The molecule has 0 bridgehead atoms. The Morgan fingerprint density at radius 1 is 0.385 bits per heavy atom. The quantitative estimate of drug-likeness (QED) is 0.172. The van der Waals surface area contributed by atoms with Crippen molar-refractivity contribution in [3.05, 3.63) is 156 Å². The molecule has 6 aromatic carbocycles. The molecule has 6 rings (SSSR count). The summed E-state index contributed by atoms with van der Waals surface area (Å²) in [5.74, 6) is 1.53. The predicted octanol–water partition coefficient (Wildman–Crippen LogP) is 8.87. The molecule has 3 heteroatoms. The van der Waals surface area contributed by atoms with Crippen LogP contribution in [-0.4, -0.2) is 0 Å². The number of benzene rings is 6. The highest BCUT2D eigenvalue weighted by Crippen LogP contribution is 2.30. The Morgan fingerprint density at radius 2 is 0.872 bits per heavy atom. The van der Waals surface area contributed by atoms with Crippen molar-refractivity contribution in [2.75, 3.05) is 0 Å². The standard InChI is InChI=1S/C36H30O3/c1-3-11-27(12-4-1)24-38-32-19-29(20-33(22-32)39-25-28-13-5-2-6-14-28)23-37-26-36-34-17-9-7-15-30(34)21-31-16-8-10-18-35(31)36/h1-22H,23-26H2. The van der Waals surface area contributed by atoms with Crippen LogP contribution in [-0.2, 0) is 31.2 Å². The lowest BCUT2D eigenvalue weighted by Crippen LogP contribution is -2.01. The van der Waals surface area contributed by atoms with Gasteiger partial charge in [0.1, 0.15) is 24.7 Å². The summed E-state index contributed by atoms with van der Waals surface area (Å²) in [5, 5.41) is 4.90. The first-order chi connectivity index (χ1) is 19.3. The lowest BCUT2D eigenvalue weighted by Gasteiger charge is -2.14. The van der Waals surface area contributed by atoms with E-state index in [1.807, 2.05) is 54.6 Å². The molecule has 0 fully saturated rings. The summed E-state index contributed by atoms with van der Waals surface area (Å²) in [4.78, 5) is 0. The fraction of sp³-hybridized carbons (Fsp3) is 0.111. The summed E-state index contributed by atoms with van der Waals surface area (Å²) < 4.78 is 18.7. The molecule has 0 aliphatic carbocycles. The second-order valence-electron chi connectivity index (χ2n) is 9.65. The molecule has 0 heterocycles. The lowest BCUT2D eigenvalue weighted by atomic mass is 9.97. The van der Waals surface area contributed by atoms with E-state index in [-0.39, 0.29) is 0 Å². The van der Waals surface area contributed by atoms with Crippen LogP contribution in [0.5, 0.6) is 11.5 Å². The first-order valence-electron chi connectivity index (χ1n) is 13.3. The van der Waals surface area contributed by atoms with E-state index < -0.39 is 0 Å². The minimum atomic E-state index is 0.446. The van der Waals surface area contributed by atoms with Gasteiger partial charge in [0.2, 0.25) is 0 Å². The molecule has 0 aliphatic heterocycles. The largest absolute Gasteiger partial charge is 0.489 e. The van der Waals surface area contributed by atoms with Crippen LogP contribution in [0.2, 0.25) is 0 Å². The lowest BCUT2D eigenvalue weighted by molar-refractivity contribution is 0.108. The van der Waals surface area contributed by atoms with Gasteiger partial charge in [-0.25, -0.2) is 0 Å². The van der Waals surface area contributed by atoms with Crippen molar-refractivity contribution in [3.8, 4) is 11.5 Å². The van der Waals surface area contributed by atoms with E-state index in [1.54, 1.807) is 0 Å². The second-order valence-corrected chi connectivity index (χ2v) is 9.65. The maximum absolute atomic E-state index is 6.35. The van der Waals surface area contributed by atoms with Crippen LogP contribution >= 0.6 is 0 Å². The van der Waals surface area contributed by atoms with E-state index in [4.69, 9.17) is 14.2 Å². The van der Waals surface area contributed by atoms with Gasteiger partial charge in [-0.15, -0.1) is 0 Å². The van der Waals surface area contributed by atoms with Gasteiger partial charge in [0.15, 0.2) is 0 Å². The fourth-order valence-electron chi connectivity index (χ4n) is 4.90. The first-order valence-corrected chi connectivity index (χ1v) is 13.3. The summed E-state index contributed by atoms with van der Waals surface area (Å²) in [6.45, 7) is 1.94. The Bertz CT molecular complexity index is 1560. The second kappa shape index (κ2) is 11.8. The summed E-state index contributed by atoms with van der Waals surface area (Å²) >= 11 is 0. The smallest absolute Gasteiger partial charge is 0.123 e. The molecule has 0 saturated heterocycles. The molecule has 0 spiro atoms. The molecule has 0 atom stereocenters. The number of hydrogen-bond donors (Lipinski definition) is 0. The Hall–Kier alpha value is -4.60. The van der Waals surface area contributed by atoms with E-state index in [1.165, 1.54) is 27.1 Å². The van der Waals surface area contributed by atoms with Crippen LogP contribution < -0.4 is 9.47 Å². The monoisotopic (exact) mass is 510 g/mol. The molecular weight excluding hydrogens is 480 g/mol. The molecule has 0 aromatic heterocycles. The van der Waals surface area contributed by atoms with Crippen LogP contribution in [0.1, 0.15) is 22.3 Å². The zero-order valence-electron chi connectivity index (χ0n) is 21.8. The Labute approximate surface area is 229 Å². The molecule has 39 heavy (non-hydrogen) atoms. The van der Waals surface area contributed by atoms with E-state index >= 15 is 0 Å². The van der Waals surface area contributed by atoms with Gasteiger partial charge in [-0.1, -0.05) is 109 Å². The number of rotatable bonds is 10. The molecule has 0 amide bonds. The van der Waals surface area contributed by atoms with Crippen LogP contribution in [0, 0.1) is 0 Å².